The summed E-state index contributed by atoms with van der Waals surface area (Å²) < 4.78 is 5.30. The Hall–Kier alpha value is -2.89. The van der Waals surface area contributed by atoms with Gasteiger partial charge < -0.3 is 10.1 Å². The van der Waals surface area contributed by atoms with Crippen molar-refractivity contribution in [3.8, 4) is 5.75 Å². The Labute approximate surface area is 147 Å². The highest BCUT2D eigenvalue weighted by molar-refractivity contribution is 6.08. The van der Waals surface area contributed by atoms with Gasteiger partial charge in [0.15, 0.2) is 0 Å². The number of rotatable bonds is 4. The Morgan fingerprint density at radius 3 is 2.44 bits per heavy atom. The number of anilines is 1. The van der Waals surface area contributed by atoms with E-state index in [4.69, 9.17) is 4.74 Å². The first-order valence-corrected chi connectivity index (χ1v) is 7.89. The van der Waals surface area contributed by atoms with E-state index in [0.29, 0.717) is 17.0 Å². The van der Waals surface area contributed by atoms with Crippen LogP contribution in [0.25, 0.3) is 0 Å². The van der Waals surface area contributed by atoms with E-state index in [1.54, 1.807) is 25.1 Å². The first kappa shape index (κ1) is 18.4. The van der Waals surface area contributed by atoms with Crippen LogP contribution in [0.2, 0.25) is 0 Å². The molecule has 6 nitrogen and oxygen atoms in total. The van der Waals surface area contributed by atoms with Crippen molar-refractivity contribution < 1.29 is 14.5 Å². The maximum atomic E-state index is 12.6. The van der Waals surface area contributed by atoms with Crippen LogP contribution < -0.4 is 10.1 Å². The minimum absolute atomic E-state index is 0.0215. The largest absolute Gasteiger partial charge is 0.495 e. The van der Waals surface area contributed by atoms with Gasteiger partial charge in [-0.05, 0) is 36.1 Å². The Kier molecular flexibility index (Phi) is 5.11. The Balaban J connectivity index is 2.45. The molecule has 2 aromatic carbocycles. The fraction of sp³-hybridized carbons (Fsp3) is 0.316. The van der Waals surface area contributed by atoms with E-state index < -0.39 is 10.8 Å². The number of nitrogens with zero attached hydrogens (tertiary/aromatic N) is 1. The van der Waals surface area contributed by atoms with Crippen LogP contribution in [0.1, 0.15) is 42.3 Å². The fourth-order valence-electron chi connectivity index (χ4n) is 2.55. The minimum atomic E-state index is -0.542. The van der Waals surface area contributed by atoms with Crippen LogP contribution in [-0.2, 0) is 5.41 Å². The van der Waals surface area contributed by atoms with Crippen molar-refractivity contribution in [1.82, 2.24) is 0 Å². The molecule has 6 heteroatoms. The molecule has 1 amide bonds. The summed E-state index contributed by atoms with van der Waals surface area (Å²) >= 11 is 0. The van der Waals surface area contributed by atoms with Crippen molar-refractivity contribution in [2.75, 3.05) is 12.4 Å². The monoisotopic (exact) mass is 342 g/mol. The highest BCUT2D eigenvalue weighted by atomic mass is 16.6. The number of nitro groups is 1. The lowest BCUT2D eigenvalue weighted by Crippen LogP contribution is -2.17. The molecule has 0 atom stereocenters. The van der Waals surface area contributed by atoms with Gasteiger partial charge in [-0.25, -0.2) is 0 Å². The molecule has 0 fully saturated rings. The Bertz CT molecular complexity index is 823. The molecular formula is C19H22N2O4. The van der Waals surface area contributed by atoms with E-state index in [-0.39, 0.29) is 16.7 Å². The lowest BCUT2D eigenvalue weighted by Gasteiger charge is -2.21. The second kappa shape index (κ2) is 6.93. The van der Waals surface area contributed by atoms with Crippen molar-refractivity contribution in [1.29, 1.82) is 0 Å². The maximum absolute atomic E-state index is 12.6. The number of hydrogen-bond donors (Lipinski definition) is 1. The molecule has 0 radical (unpaired) electrons. The smallest absolute Gasteiger partial charge is 0.285 e. The lowest BCUT2D eigenvalue weighted by atomic mass is 9.87. The topological polar surface area (TPSA) is 81.5 Å². The first-order valence-electron chi connectivity index (χ1n) is 7.89. The van der Waals surface area contributed by atoms with Crippen molar-refractivity contribution in [2.45, 2.75) is 33.1 Å². The lowest BCUT2D eigenvalue weighted by molar-refractivity contribution is -0.385. The highest BCUT2D eigenvalue weighted by Gasteiger charge is 2.24. The molecule has 0 heterocycles. The predicted octanol–water partition coefficient (Wildman–Crippen LogP) is 4.46. The summed E-state index contributed by atoms with van der Waals surface area (Å²) in [5, 5.41) is 14.1. The van der Waals surface area contributed by atoms with Crippen molar-refractivity contribution in [2.24, 2.45) is 0 Å². The van der Waals surface area contributed by atoms with Crippen molar-refractivity contribution in [3.05, 3.63) is 63.2 Å². The van der Waals surface area contributed by atoms with Gasteiger partial charge in [0.25, 0.3) is 11.6 Å². The third-order valence-electron chi connectivity index (χ3n) is 3.98. The summed E-state index contributed by atoms with van der Waals surface area (Å²) in [6.07, 6.45) is 0. The third kappa shape index (κ3) is 3.96. The van der Waals surface area contributed by atoms with Gasteiger partial charge in [-0.2, -0.15) is 0 Å². The maximum Gasteiger partial charge on any atom is 0.285 e. The van der Waals surface area contributed by atoms with E-state index in [2.05, 4.69) is 26.1 Å². The SMILES string of the molecule is COc1ccc(C(C)(C)C)cc1NC(=O)c1cccc(C)c1[N+](=O)[O-]. The zero-order valence-corrected chi connectivity index (χ0v) is 15.0. The Morgan fingerprint density at radius 2 is 1.88 bits per heavy atom. The number of amides is 1. The number of benzene rings is 2. The van der Waals surface area contributed by atoms with E-state index in [0.717, 1.165) is 5.56 Å². The summed E-state index contributed by atoms with van der Waals surface area (Å²) in [4.78, 5) is 23.4. The molecule has 132 valence electrons. The van der Waals surface area contributed by atoms with Crippen LogP contribution in [0.3, 0.4) is 0 Å². The molecule has 25 heavy (non-hydrogen) atoms. The zero-order valence-electron chi connectivity index (χ0n) is 15.0. The van der Waals surface area contributed by atoms with Gasteiger partial charge in [0.2, 0.25) is 0 Å². The number of nitro benzene ring substituents is 1. The number of aryl methyl sites for hydroxylation is 1. The second-order valence-electron chi connectivity index (χ2n) is 6.85. The van der Waals surface area contributed by atoms with Gasteiger partial charge in [0.05, 0.1) is 17.7 Å². The first-order chi connectivity index (χ1) is 11.6. The van der Waals surface area contributed by atoms with Gasteiger partial charge in [-0.1, -0.05) is 39.0 Å². The van der Waals surface area contributed by atoms with Crippen LogP contribution in [0, 0.1) is 17.0 Å². The van der Waals surface area contributed by atoms with Crippen molar-refractivity contribution >= 4 is 17.3 Å². The predicted molar refractivity (Wildman–Crippen MR) is 97.5 cm³/mol. The molecule has 0 aliphatic heterocycles. The number of methoxy groups -OCH3 is 1. The third-order valence-corrected chi connectivity index (χ3v) is 3.98. The molecule has 0 saturated carbocycles. The molecule has 0 saturated heterocycles. The summed E-state index contributed by atoms with van der Waals surface area (Å²) in [6, 6.07) is 10.2. The van der Waals surface area contributed by atoms with Gasteiger partial charge in [0, 0.05) is 5.56 Å². The van der Waals surface area contributed by atoms with E-state index in [1.807, 2.05) is 12.1 Å². The molecule has 1 N–H and O–H groups in total. The van der Waals surface area contributed by atoms with Gasteiger partial charge >= 0.3 is 0 Å². The van der Waals surface area contributed by atoms with E-state index in [9.17, 15) is 14.9 Å². The summed E-state index contributed by atoms with van der Waals surface area (Å²) in [6.45, 7) is 7.79. The highest BCUT2D eigenvalue weighted by Crippen LogP contribution is 2.32. The van der Waals surface area contributed by atoms with Crippen LogP contribution in [0.4, 0.5) is 11.4 Å². The van der Waals surface area contributed by atoms with E-state index >= 15 is 0 Å². The summed E-state index contributed by atoms with van der Waals surface area (Å²) in [5.41, 5.74) is 1.66. The molecule has 0 aliphatic rings. The van der Waals surface area contributed by atoms with Gasteiger partial charge in [0.1, 0.15) is 11.3 Å². The van der Waals surface area contributed by atoms with E-state index in [1.165, 1.54) is 13.2 Å². The Morgan fingerprint density at radius 1 is 1.20 bits per heavy atom. The molecule has 0 bridgehead atoms. The van der Waals surface area contributed by atoms with Gasteiger partial charge in [-0.15, -0.1) is 0 Å². The standard InChI is InChI=1S/C19H22N2O4/c1-12-7-6-8-14(17(12)21(23)24)18(22)20-15-11-13(19(2,3)4)9-10-16(15)25-5/h6-11H,1-5H3,(H,20,22). The minimum Gasteiger partial charge on any atom is -0.495 e. The summed E-state index contributed by atoms with van der Waals surface area (Å²) in [5.74, 6) is -0.0450. The average Bonchev–Trinajstić information content (AvgIpc) is 2.53. The zero-order chi connectivity index (χ0) is 18.8. The van der Waals surface area contributed by atoms with Crippen LogP contribution in [0.5, 0.6) is 5.75 Å². The van der Waals surface area contributed by atoms with Gasteiger partial charge in [-0.3, -0.25) is 14.9 Å². The fourth-order valence-corrected chi connectivity index (χ4v) is 2.55. The molecule has 0 unspecified atom stereocenters. The van der Waals surface area contributed by atoms with Crippen LogP contribution in [0.15, 0.2) is 36.4 Å². The quantitative estimate of drug-likeness (QED) is 0.657. The second-order valence-corrected chi connectivity index (χ2v) is 6.85. The number of ether oxygens (including phenoxy) is 1. The number of nitrogens with one attached hydrogen (secondary N) is 1. The number of carbonyl (C=O) groups excluding carboxylic acids is 1. The summed E-state index contributed by atoms with van der Waals surface area (Å²) in [7, 11) is 1.51. The van der Waals surface area contributed by atoms with Crippen LogP contribution in [-0.4, -0.2) is 17.9 Å². The molecule has 2 rings (SSSR count). The normalized spacial score (nSPS) is 11.1. The molecule has 0 aliphatic carbocycles. The van der Waals surface area contributed by atoms with Crippen molar-refractivity contribution in [3.63, 3.8) is 0 Å². The molecule has 0 aromatic heterocycles. The molecule has 2 aromatic rings. The van der Waals surface area contributed by atoms with Crippen LogP contribution >= 0.6 is 0 Å². The molecule has 0 spiro atoms. The average molecular weight is 342 g/mol. The number of carbonyl (C=O) groups is 1. The number of hydrogen-bond acceptors (Lipinski definition) is 4. The number of para-hydroxylation sites is 1. The molecular weight excluding hydrogens is 320 g/mol.